The van der Waals surface area contributed by atoms with Gasteiger partial charge >= 0.3 is 5.69 Å². The molecule has 0 unspecified atom stereocenters. The number of nitrogens with one attached hydrogen (secondary N) is 2. The average Bonchev–Trinajstić information content (AvgIpc) is 2.34. The van der Waals surface area contributed by atoms with Crippen molar-refractivity contribution in [1.82, 2.24) is 14.9 Å². The molecule has 0 aliphatic carbocycles. The summed E-state index contributed by atoms with van der Waals surface area (Å²) >= 11 is 3.10. The SMILES string of the molecule is COCCNCCCCn1cc(Br)c(=O)[nH]c1=O. The molecular formula is C11H18BrN3O3. The molecule has 0 bridgehead atoms. The van der Waals surface area contributed by atoms with Crippen LogP contribution in [0.1, 0.15) is 12.8 Å². The van der Waals surface area contributed by atoms with Gasteiger partial charge in [0.15, 0.2) is 0 Å². The molecule has 0 saturated heterocycles. The molecule has 1 rings (SSSR count). The molecule has 7 heteroatoms. The Labute approximate surface area is 113 Å². The van der Waals surface area contributed by atoms with Crippen LogP contribution in [0.15, 0.2) is 20.3 Å². The average molecular weight is 320 g/mol. The number of aryl methyl sites for hydroxylation is 1. The molecule has 18 heavy (non-hydrogen) atoms. The molecule has 0 saturated carbocycles. The van der Waals surface area contributed by atoms with E-state index in [0.717, 1.165) is 25.9 Å². The molecule has 0 aromatic carbocycles. The van der Waals surface area contributed by atoms with Crippen LogP contribution >= 0.6 is 15.9 Å². The van der Waals surface area contributed by atoms with Crippen molar-refractivity contribution < 1.29 is 4.74 Å². The van der Waals surface area contributed by atoms with Crippen molar-refractivity contribution in [3.63, 3.8) is 0 Å². The molecule has 1 aromatic heterocycles. The van der Waals surface area contributed by atoms with E-state index in [9.17, 15) is 9.59 Å². The highest BCUT2D eigenvalue weighted by atomic mass is 79.9. The van der Waals surface area contributed by atoms with E-state index in [-0.39, 0.29) is 5.69 Å². The van der Waals surface area contributed by atoms with Crippen molar-refractivity contribution in [3.05, 3.63) is 31.5 Å². The number of ether oxygens (including phenoxy) is 1. The molecule has 0 spiro atoms. The number of nitrogens with zero attached hydrogens (tertiary/aromatic N) is 1. The van der Waals surface area contributed by atoms with Gasteiger partial charge in [0.05, 0.1) is 11.1 Å². The summed E-state index contributed by atoms with van der Waals surface area (Å²) in [7, 11) is 1.67. The number of hydrogen-bond donors (Lipinski definition) is 2. The molecule has 0 aliphatic rings. The Morgan fingerprint density at radius 3 is 2.89 bits per heavy atom. The minimum atomic E-state index is -0.391. The van der Waals surface area contributed by atoms with Crippen molar-refractivity contribution in [2.75, 3.05) is 26.8 Å². The van der Waals surface area contributed by atoms with Gasteiger partial charge in [-0.2, -0.15) is 0 Å². The van der Waals surface area contributed by atoms with E-state index in [4.69, 9.17) is 4.74 Å². The van der Waals surface area contributed by atoms with Crippen molar-refractivity contribution in [1.29, 1.82) is 0 Å². The Balaban J connectivity index is 2.30. The second-order valence-electron chi connectivity index (χ2n) is 3.88. The zero-order valence-corrected chi connectivity index (χ0v) is 12.0. The number of rotatable bonds is 8. The van der Waals surface area contributed by atoms with E-state index in [1.54, 1.807) is 7.11 Å². The first-order valence-corrected chi connectivity index (χ1v) is 6.63. The molecule has 1 heterocycles. The molecule has 0 atom stereocenters. The van der Waals surface area contributed by atoms with Gasteiger partial charge < -0.3 is 10.1 Å². The topological polar surface area (TPSA) is 76.1 Å². The third kappa shape index (κ3) is 5.16. The van der Waals surface area contributed by atoms with E-state index in [2.05, 4.69) is 26.2 Å². The fourth-order valence-electron chi connectivity index (χ4n) is 1.48. The van der Waals surface area contributed by atoms with Gasteiger partial charge in [-0.25, -0.2) is 4.79 Å². The maximum absolute atomic E-state index is 11.5. The van der Waals surface area contributed by atoms with Gasteiger partial charge in [0, 0.05) is 26.4 Å². The Bertz CT molecular complexity index is 469. The summed E-state index contributed by atoms with van der Waals surface area (Å²) in [4.78, 5) is 24.8. The summed E-state index contributed by atoms with van der Waals surface area (Å²) in [5, 5.41) is 3.23. The smallest absolute Gasteiger partial charge is 0.328 e. The van der Waals surface area contributed by atoms with Crippen LogP contribution in [0.3, 0.4) is 0 Å². The number of halogens is 1. The maximum Gasteiger partial charge on any atom is 0.328 e. The quantitative estimate of drug-likeness (QED) is 0.676. The van der Waals surface area contributed by atoms with Crippen molar-refractivity contribution in [2.45, 2.75) is 19.4 Å². The summed E-state index contributed by atoms with van der Waals surface area (Å²) in [5.74, 6) is 0. The lowest BCUT2D eigenvalue weighted by Gasteiger charge is -2.06. The molecule has 2 N–H and O–H groups in total. The minimum Gasteiger partial charge on any atom is -0.383 e. The number of hydrogen-bond acceptors (Lipinski definition) is 4. The predicted octanol–water partition coefficient (Wildman–Crippen LogP) is 0.315. The van der Waals surface area contributed by atoms with Gasteiger partial charge in [-0.15, -0.1) is 0 Å². The van der Waals surface area contributed by atoms with E-state index in [1.807, 2.05) is 0 Å². The number of aromatic nitrogens is 2. The molecule has 0 radical (unpaired) electrons. The Kier molecular flexibility index (Phi) is 6.92. The van der Waals surface area contributed by atoms with Gasteiger partial charge in [0.25, 0.3) is 5.56 Å². The predicted molar refractivity (Wildman–Crippen MR) is 73.0 cm³/mol. The van der Waals surface area contributed by atoms with E-state index in [1.165, 1.54) is 10.8 Å². The first kappa shape index (κ1) is 15.1. The van der Waals surface area contributed by atoms with Crippen molar-refractivity contribution >= 4 is 15.9 Å². The van der Waals surface area contributed by atoms with Crippen molar-refractivity contribution in [3.8, 4) is 0 Å². The lowest BCUT2D eigenvalue weighted by molar-refractivity contribution is 0.199. The Morgan fingerprint density at radius 1 is 1.39 bits per heavy atom. The standard InChI is InChI=1S/C11H18BrN3O3/c1-18-7-5-13-4-2-3-6-15-8-9(12)10(16)14-11(15)17/h8,13H,2-7H2,1H3,(H,14,16,17). The van der Waals surface area contributed by atoms with E-state index < -0.39 is 5.56 Å². The summed E-state index contributed by atoms with van der Waals surface area (Å²) < 4.78 is 6.79. The van der Waals surface area contributed by atoms with Crippen LogP contribution in [0.2, 0.25) is 0 Å². The number of methoxy groups -OCH3 is 1. The second-order valence-corrected chi connectivity index (χ2v) is 4.73. The zero-order valence-electron chi connectivity index (χ0n) is 10.4. The number of aromatic amines is 1. The lowest BCUT2D eigenvalue weighted by atomic mass is 10.3. The highest BCUT2D eigenvalue weighted by molar-refractivity contribution is 9.10. The fourth-order valence-corrected chi connectivity index (χ4v) is 1.83. The monoisotopic (exact) mass is 319 g/mol. The van der Waals surface area contributed by atoms with Crippen LogP contribution in [0, 0.1) is 0 Å². The van der Waals surface area contributed by atoms with Crippen LogP contribution in [-0.4, -0.2) is 36.4 Å². The van der Waals surface area contributed by atoms with Gasteiger partial charge in [-0.3, -0.25) is 14.3 Å². The Morgan fingerprint density at radius 2 is 2.17 bits per heavy atom. The third-order valence-corrected chi connectivity index (χ3v) is 3.02. The van der Waals surface area contributed by atoms with E-state index in [0.29, 0.717) is 17.6 Å². The van der Waals surface area contributed by atoms with Crippen molar-refractivity contribution in [2.24, 2.45) is 0 Å². The normalized spacial score (nSPS) is 10.8. The van der Waals surface area contributed by atoms with Gasteiger partial charge in [-0.05, 0) is 35.3 Å². The summed E-state index contributed by atoms with van der Waals surface area (Å²) in [6.07, 6.45) is 3.37. The maximum atomic E-state index is 11.5. The van der Waals surface area contributed by atoms with Crippen LogP contribution in [-0.2, 0) is 11.3 Å². The van der Waals surface area contributed by atoms with Gasteiger partial charge in [0.2, 0.25) is 0 Å². The fraction of sp³-hybridized carbons (Fsp3) is 0.636. The first-order valence-electron chi connectivity index (χ1n) is 5.84. The van der Waals surface area contributed by atoms with Crippen LogP contribution < -0.4 is 16.6 Å². The second kappa shape index (κ2) is 8.23. The molecule has 1 aromatic rings. The van der Waals surface area contributed by atoms with E-state index >= 15 is 0 Å². The highest BCUT2D eigenvalue weighted by Crippen LogP contribution is 1.99. The number of H-pyrrole nitrogens is 1. The highest BCUT2D eigenvalue weighted by Gasteiger charge is 2.01. The molecule has 0 aliphatic heterocycles. The summed E-state index contributed by atoms with van der Waals surface area (Å²) in [6.45, 7) is 3.02. The van der Waals surface area contributed by atoms with Gasteiger partial charge in [0.1, 0.15) is 0 Å². The zero-order chi connectivity index (χ0) is 13.4. The molecule has 0 fully saturated rings. The van der Waals surface area contributed by atoms with Crippen LogP contribution in [0.4, 0.5) is 0 Å². The molecular weight excluding hydrogens is 302 g/mol. The van der Waals surface area contributed by atoms with Crippen LogP contribution in [0.5, 0.6) is 0 Å². The Hall–Kier alpha value is -0.920. The number of unbranched alkanes of at least 4 members (excludes halogenated alkanes) is 1. The minimum absolute atomic E-state index is 0.365. The summed E-state index contributed by atoms with van der Waals surface area (Å²) in [6, 6.07) is 0. The summed E-state index contributed by atoms with van der Waals surface area (Å²) in [5.41, 5.74) is -0.756. The first-order chi connectivity index (χ1) is 8.65. The largest absolute Gasteiger partial charge is 0.383 e. The van der Waals surface area contributed by atoms with Crippen LogP contribution in [0.25, 0.3) is 0 Å². The molecule has 6 nitrogen and oxygen atoms in total. The molecule has 102 valence electrons. The van der Waals surface area contributed by atoms with Gasteiger partial charge in [-0.1, -0.05) is 0 Å². The lowest BCUT2D eigenvalue weighted by Crippen LogP contribution is -2.30. The third-order valence-electron chi connectivity index (χ3n) is 2.45. The molecule has 0 amide bonds.